The first-order chi connectivity index (χ1) is 4.68. The van der Waals surface area contributed by atoms with Gasteiger partial charge in [-0.1, -0.05) is 26.7 Å². The minimum absolute atomic E-state index is 0.566. The van der Waals surface area contributed by atoms with Crippen LogP contribution in [-0.2, 0) is 4.79 Å². The lowest BCUT2D eigenvalue weighted by atomic mass is 9.99. The molecule has 0 N–H and O–H groups in total. The van der Waals surface area contributed by atoms with Crippen molar-refractivity contribution in [3.8, 4) is 0 Å². The number of halogens is 1. The van der Waals surface area contributed by atoms with Gasteiger partial charge < -0.3 is 4.79 Å². The molecule has 0 heterocycles. The molecule has 0 bridgehead atoms. The van der Waals surface area contributed by atoms with Gasteiger partial charge in [-0.15, -0.1) is 11.6 Å². The average Bonchev–Trinajstić information content (AvgIpc) is 1.89. The van der Waals surface area contributed by atoms with Gasteiger partial charge in [0.05, 0.1) is 4.87 Å². The summed E-state index contributed by atoms with van der Waals surface area (Å²) in [6.07, 6.45) is 4.42. The van der Waals surface area contributed by atoms with Gasteiger partial charge >= 0.3 is 0 Å². The van der Waals surface area contributed by atoms with Gasteiger partial charge in [0, 0.05) is 0 Å². The molecule has 0 saturated carbocycles. The number of carbonyl (C=O) groups excluding carboxylic acids is 1. The lowest BCUT2D eigenvalue weighted by Gasteiger charge is -2.17. The second-order valence-electron chi connectivity index (χ2n) is 2.65. The van der Waals surface area contributed by atoms with Gasteiger partial charge in [-0.05, 0) is 12.8 Å². The first-order valence-corrected chi connectivity index (χ1v) is 4.21. The van der Waals surface area contributed by atoms with Gasteiger partial charge in [0.2, 0.25) is 0 Å². The lowest BCUT2D eigenvalue weighted by Crippen LogP contribution is -2.22. The lowest BCUT2D eigenvalue weighted by molar-refractivity contribution is -0.110. The molecule has 0 atom stereocenters. The molecule has 0 unspecified atom stereocenters. The molecule has 0 aliphatic heterocycles. The first-order valence-electron chi connectivity index (χ1n) is 3.83. The van der Waals surface area contributed by atoms with Crippen molar-refractivity contribution in [1.82, 2.24) is 0 Å². The van der Waals surface area contributed by atoms with Crippen molar-refractivity contribution >= 4 is 17.9 Å². The Labute approximate surface area is 67.8 Å². The Morgan fingerprint density at radius 3 is 1.90 bits per heavy atom. The fraction of sp³-hybridized carbons (Fsp3) is 0.875. The summed E-state index contributed by atoms with van der Waals surface area (Å²) in [5.74, 6) is 0. The Morgan fingerprint density at radius 2 is 1.70 bits per heavy atom. The minimum atomic E-state index is -0.566. The van der Waals surface area contributed by atoms with Crippen molar-refractivity contribution in [2.24, 2.45) is 0 Å². The molecule has 0 radical (unpaired) electrons. The maximum Gasteiger partial charge on any atom is 0.140 e. The van der Waals surface area contributed by atoms with Crippen LogP contribution in [0.15, 0.2) is 0 Å². The van der Waals surface area contributed by atoms with E-state index in [2.05, 4.69) is 0 Å². The molecule has 0 aromatic rings. The molecule has 2 heteroatoms. The highest BCUT2D eigenvalue weighted by Crippen LogP contribution is 2.24. The quantitative estimate of drug-likeness (QED) is 0.449. The van der Waals surface area contributed by atoms with Gasteiger partial charge in [-0.2, -0.15) is 0 Å². The van der Waals surface area contributed by atoms with E-state index in [4.69, 9.17) is 11.6 Å². The van der Waals surface area contributed by atoms with Crippen LogP contribution in [0.25, 0.3) is 0 Å². The number of hydrogen-bond acceptors (Lipinski definition) is 1. The third kappa shape index (κ3) is 3.21. The fourth-order valence-corrected chi connectivity index (χ4v) is 1.45. The standard InChI is InChI=1S/C8H15ClO/c1-3-5-8(9,7-10)6-4-2/h7H,3-6H2,1-2H3. The van der Waals surface area contributed by atoms with Crippen LogP contribution in [0.1, 0.15) is 39.5 Å². The van der Waals surface area contributed by atoms with Crippen LogP contribution in [0.3, 0.4) is 0 Å². The highest BCUT2D eigenvalue weighted by Gasteiger charge is 2.23. The smallest absolute Gasteiger partial charge is 0.140 e. The Kier molecular flexibility index (Phi) is 4.71. The molecule has 0 amide bonds. The van der Waals surface area contributed by atoms with Gasteiger partial charge in [0.25, 0.3) is 0 Å². The molecule has 0 spiro atoms. The van der Waals surface area contributed by atoms with Crippen LogP contribution in [0, 0.1) is 0 Å². The van der Waals surface area contributed by atoms with E-state index >= 15 is 0 Å². The number of aldehydes is 1. The van der Waals surface area contributed by atoms with E-state index in [-0.39, 0.29) is 0 Å². The maximum absolute atomic E-state index is 10.5. The van der Waals surface area contributed by atoms with Crippen LogP contribution in [-0.4, -0.2) is 11.2 Å². The van der Waals surface area contributed by atoms with Crippen molar-refractivity contribution in [2.45, 2.75) is 44.4 Å². The summed E-state index contributed by atoms with van der Waals surface area (Å²) in [6, 6.07) is 0. The second kappa shape index (κ2) is 4.73. The first kappa shape index (κ1) is 9.96. The molecule has 0 fully saturated rings. The topological polar surface area (TPSA) is 17.1 Å². The monoisotopic (exact) mass is 162 g/mol. The summed E-state index contributed by atoms with van der Waals surface area (Å²) >= 11 is 5.96. The molecular formula is C8H15ClO. The number of carbonyl (C=O) groups is 1. The van der Waals surface area contributed by atoms with Gasteiger partial charge in [0.15, 0.2) is 0 Å². The molecular weight excluding hydrogens is 148 g/mol. The third-order valence-corrected chi connectivity index (χ3v) is 2.01. The zero-order valence-corrected chi connectivity index (χ0v) is 7.45. The summed E-state index contributed by atoms with van der Waals surface area (Å²) in [4.78, 5) is 9.91. The maximum atomic E-state index is 10.5. The minimum Gasteiger partial charge on any atom is -0.301 e. The largest absolute Gasteiger partial charge is 0.301 e. The molecule has 0 aliphatic rings. The summed E-state index contributed by atoms with van der Waals surface area (Å²) in [5, 5.41) is 0. The SMILES string of the molecule is CCCC(Cl)(C=O)CCC. The number of alkyl halides is 1. The van der Waals surface area contributed by atoms with Crippen LogP contribution in [0.4, 0.5) is 0 Å². The van der Waals surface area contributed by atoms with E-state index in [0.29, 0.717) is 0 Å². The van der Waals surface area contributed by atoms with Crippen LogP contribution >= 0.6 is 11.6 Å². The Morgan fingerprint density at radius 1 is 1.30 bits per heavy atom. The molecule has 60 valence electrons. The highest BCUT2D eigenvalue weighted by molar-refractivity contribution is 6.31. The Balaban J connectivity index is 3.81. The molecule has 0 aromatic carbocycles. The molecule has 0 aliphatic carbocycles. The molecule has 10 heavy (non-hydrogen) atoms. The van der Waals surface area contributed by atoms with E-state index in [1.807, 2.05) is 13.8 Å². The molecule has 1 nitrogen and oxygen atoms in total. The van der Waals surface area contributed by atoms with Crippen molar-refractivity contribution < 1.29 is 4.79 Å². The van der Waals surface area contributed by atoms with E-state index in [9.17, 15) is 4.79 Å². The van der Waals surface area contributed by atoms with Crippen LogP contribution in [0.2, 0.25) is 0 Å². The van der Waals surface area contributed by atoms with E-state index < -0.39 is 4.87 Å². The van der Waals surface area contributed by atoms with Crippen molar-refractivity contribution in [1.29, 1.82) is 0 Å². The normalized spacial score (nSPS) is 11.5. The van der Waals surface area contributed by atoms with Crippen LogP contribution < -0.4 is 0 Å². The van der Waals surface area contributed by atoms with E-state index in [1.54, 1.807) is 0 Å². The molecule has 0 aromatic heterocycles. The fourth-order valence-electron chi connectivity index (χ4n) is 1.07. The summed E-state index contributed by atoms with van der Waals surface area (Å²) in [6.45, 7) is 4.08. The van der Waals surface area contributed by atoms with E-state index in [1.165, 1.54) is 0 Å². The summed E-state index contributed by atoms with van der Waals surface area (Å²) in [5.41, 5.74) is 0. The second-order valence-corrected chi connectivity index (χ2v) is 3.41. The predicted molar refractivity (Wildman–Crippen MR) is 44.5 cm³/mol. The third-order valence-electron chi connectivity index (χ3n) is 1.54. The van der Waals surface area contributed by atoms with Crippen molar-refractivity contribution in [3.05, 3.63) is 0 Å². The zero-order chi connectivity index (χ0) is 8.04. The Bertz CT molecular complexity index is 95.4. The van der Waals surface area contributed by atoms with Gasteiger partial charge in [0.1, 0.15) is 6.29 Å². The van der Waals surface area contributed by atoms with Gasteiger partial charge in [-0.25, -0.2) is 0 Å². The summed E-state index contributed by atoms with van der Waals surface area (Å²) in [7, 11) is 0. The van der Waals surface area contributed by atoms with Crippen LogP contribution in [0.5, 0.6) is 0 Å². The van der Waals surface area contributed by atoms with Crippen molar-refractivity contribution in [2.75, 3.05) is 0 Å². The number of hydrogen-bond donors (Lipinski definition) is 0. The molecule has 0 rings (SSSR count). The molecule has 0 saturated heterocycles. The Hall–Kier alpha value is -0.0400. The summed E-state index contributed by atoms with van der Waals surface area (Å²) < 4.78 is 0. The average molecular weight is 163 g/mol. The number of rotatable bonds is 5. The van der Waals surface area contributed by atoms with Gasteiger partial charge in [-0.3, -0.25) is 0 Å². The predicted octanol–water partition coefficient (Wildman–Crippen LogP) is 2.76. The van der Waals surface area contributed by atoms with E-state index in [0.717, 1.165) is 32.0 Å². The van der Waals surface area contributed by atoms with Crippen molar-refractivity contribution in [3.63, 3.8) is 0 Å². The highest BCUT2D eigenvalue weighted by atomic mass is 35.5. The zero-order valence-electron chi connectivity index (χ0n) is 6.69.